The molecule has 0 saturated heterocycles. The van der Waals surface area contributed by atoms with E-state index in [1.807, 2.05) is 12.2 Å². The van der Waals surface area contributed by atoms with Crippen LogP contribution in [0.1, 0.15) is 36.0 Å². The Kier molecular flexibility index (Phi) is 3.99. The van der Waals surface area contributed by atoms with Crippen LogP contribution in [0.2, 0.25) is 0 Å². The monoisotopic (exact) mass is 236 g/mol. The van der Waals surface area contributed by atoms with Crippen LogP contribution < -0.4 is 0 Å². The average Bonchev–Trinajstić information content (AvgIpc) is 2.46. The summed E-state index contributed by atoms with van der Waals surface area (Å²) in [6.07, 6.45) is 11.7. The lowest BCUT2D eigenvalue weighted by Gasteiger charge is -2.20. The van der Waals surface area contributed by atoms with Crippen LogP contribution >= 0.6 is 0 Å². The third-order valence-electron chi connectivity index (χ3n) is 3.66. The van der Waals surface area contributed by atoms with Crippen molar-refractivity contribution in [2.24, 2.45) is 5.92 Å². The summed E-state index contributed by atoms with van der Waals surface area (Å²) in [7, 11) is 0. The zero-order chi connectivity index (χ0) is 13.0. The van der Waals surface area contributed by atoms with Gasteiger partial charge in [-0.3, -0.25) is 0 Å². The molecule has 1 aromatic carbocycles. The van der Waals surface area contributed by atoms with Gasteiger partial charge < -0.3 is 0 Å². The molecule has 0 aromatic heterocycles. The summed E-state index contributed by atoms with van der Waals surface area (Å²) in [5.41, 5.74) is 5.13. The van der Waals surface area contributed by atoms with E-state index < -0.39 is 0 Å². The fraction of sp³-hybridized carbons (Fsp3) is 0.222. The fourth-order valence-electron chi connectivity index (χ4n) is 2.47. The highest BCUT2D eigenvalue weighted by Crippen LogP contribution is 2.33. The molecule has 0 radical (unpaired) electrons. The van der Waals surface area contributed by atoms with Crippen LogP contribution in [0.25, 0.3) is 17.7 Å². The normalized spacial score (nSPS) is 18.9. The van der Waals surface area contributed by atoms with Crippen LogP contribution in [0.5, 0.6) is 0 Å². The van der Waals surface area contributed by atoms with E-state index in [0.717, 1.165) is 12.8 Å². The summed E-state index contributed by atoms with van der Waals surface area (Å²) in [5, 5.41) is 0. The summed E-state index contributed by atoms with van der Waals surface area (Å²) in [5.74, 6) is 0.642. The maximum Gasteiger partial charge on any atom is -0.0149 e. The van der Waals surface area contributed by atoms with Crippen molar-refractivity contribution < 1.29 is 0 Å². The zero-order valence-corrected chi connectivity index (χ0v) is 10.9. The SMILES string of the molecule is C=Cc1ccc(C=C)c(C2=CCC(C=C)CC2)c1. The molecule has 0 heterocycles. The summed E-state index contributed by atoms with van der Waals surface area (Å²) < 4.78 is 0. The van der Waals surface area contributed by atoms with Gasteiger partial charge in [0.2, 0.25) is 0 Å². The molecule has 1 unspecified atom stereocenters. The van der Waals surface area contributed by atoms with Gasteiger partial charge in [-0.15, -0.1) is 6.58 Å². The van der Waals surface area contributed by atoms with Gasteiger partial charge in [0.25, 0.3) is 0 Å². The standard InChI is InChI=1S/C18H20/c1-4-14-7-11-17(12-8-14)18-13-15(5-2)9-10-16(18)6-3/h4-6,9-11,13-14H,1-3,7-8,12H2. The van der Waals surface area contributed by atoms with E-state index in [1.165, 1.54) is 28.7 Å². The molecule has 2 rings (SSSR count). The van der Waals surface area contributed by atoms with E-state index in [-0.39, 0.29) is 0 Å². The molecule has 1 aliphatic carbocycles. The Morgan fingerprint density at radius 2 is 1.94 bits per heavy atom. The van der Waals surface area contributed by atoms with Crippen molar-refractivity contribution >= 4 is 17.7 Å². The maximum atomic E-state index is 3.90. The van der Waals surface area contributed by atoms with Crippen molar-refractivity contribution in [1.29, 1.82) is 0 Å². The lowest BCUT2D eigenvalue weighted by Crippen LogP contribution is -2.03. The van der Waals surface area contributed by atoms with Gasteiger partial charge in [0.1, 0.15) is 0 Å². The second kappa shape index (κ2) is 5.68. The number of hydrogen-bond acceptors (Lipinski definition) is 0. The molecule has 0 heteroatoms. The summed E-state index contributed by atoms with van der Waals surface area (Å²) in [4.78, 5) is 0. The molecule has 0 saturated carbocycles. The highest BCUT2D eigenvalue weighted by atomic mass is 14.2. The molecule has 0 aliphatic heterocycles. The first kappa shape index (κ1) is 12.6. The van der Waals surface area contributed by atoms with E-state index in [9.17, 15) is 0 Å². The number of rotatable bonds is 4. The van der Waals surface area contributed by atoms with Gasteiger partial charge in [-0.1, -0.05) is 49.6 Å². The molecular formula is C18H20. The van der Waals surface area contributed by atoms with Gasteiger partial charge in [0.05, 0.1) is 0 Å². The Hall–Kier alpha value is -1.82. The maximum absolute atomic E-state index is 3.90. The van der Waals surface area contributed by atoms with Crippen molar-refractivity contribution in [1.82, 2.24) is 0 Å². The predicted octanol–water partition coefficient (Wildman–Crippen LogP) is 5.34. The molecule has 1 atom stereocenters. The third kappa shape index (κ3) is 2.53. The van der Waals surface area contributed by atoms with Crippen LogP contribution in [0, 0.1) is 5.92 Å². The Labute approximate surface area is 110 Å². The molecule has 0 nitrogen and oxygen atoms in total. The molecule has 0 N–H and O–H groups in total. The Balaban J connectivity index is 2.37. The largest absolute Gasteiger partial charge is 0.103 e. The Morgan fingerprint density at radius 1 is 1.11 bits per heavy atom. The van der Waals surface area contributed by atoms with Crippen molar-refractivity contribution in [2.75, 3.05) is 0 Å². The first-order valence-electron chi connectivity index (χ1n) is 6.49. The summed E-state index contributed by atoms with van der Waals surface area (Å²) in [6, 6.07) is 6.42. The van der Waals surface area contributed by atoms with E-state index in [4.69, 9.17) is 0 Å². The van der Waals surface area contributed by atoms with Crippen LogP contribution in [-0.2, 0) is 0 Å². The van der Waals surface area contributed by atoms with Crippen LogP contribution in [0.15, 0.2) is 50.1 Å². The van der Waals surface area contributed by atoms with Crippen LogP contribution in [0.4, 0.5) is 0 Å². The van der Waals surface area contributed by atoms with Gasteiger partial charge in [0, 0.05) is 0 Å². The molecule has 0 bridgehead atoms. The molecule has 18 heavy (non-hydrogen) atoms. The number of allylic oxidation sites excluding steroid dienone is 3. The van der Waals surface area contributed by atoms with E-state index in [2.05, 4.69) is 50.1 Å². The topological polar surface area (TPSA) is 0 Å². The minimum atomic E-state index is 0.642. The van der Waals surface area contributed by atoms with Crippen LogP contribution in [-0.4, -0.2) is 0 Å². The van der Waals surface area contributed by atoms with Gasteiger partial charge in [-0.2, -0.15) is 0 Å². The Bertz CT molecular complexity index is 503. The van der Waals surface area contributed by atoms with Gasteiger partial charge in [0.15, 0.2) is 0 Å². The van der Waals surface area contributed by atoms with Crippen LogP contribution in [0.3, 0.4) is 0 Å². The first-order valence-corrected chi connectivity index (χ1v) is 6.49. The highest BCUT2D eigenvalue weighted by molar-refractivity contribution is 5.76. The second-order valence-corrected chi connectivity index (χ2v) is 4.75. The van der Waals surface area contributed by atoms with Crippen molar-refractivity contribution in [3.8, 4) is 0 Å². The van der Waals surface area contributed by atoms with E-state index in [1.54, 1.807) is 0 Å². The molecule has 0 fully saturated rings. The molecule has 1 aliphatic rings. The second-order valence-electron chi connectivity index (χ2n) is 4.75. The Morgan fingerprint density at radius 3 is 2.50 bits per heavy atom. The quantitative estimate of drug-likeness (QED) is 0.619. The summed E-state index contributed by atoms with van der Waals surface area (Å²) in [6.45, 7) is 11.6. The van der Waals surface area contributed by atoms with Crippen molar-refractivity contribution in [2.45, 2.75) is 19.3 Å². The first-order chi connectivity index (χ1) is 8.78. The lowest BCUT2D eigenvalue weighted by atomic mass is 9.84. The lowest BCUT2D eigenvalue weighted by molar-refractivity contribution is 0.593. The highest BCUT2D eigenvalue weighted by Gasteiger charge is 2.14. The fourth-order valence-corrected chi connectivity index (χ4v) is 2.47. The average molecular weight is 236 g/mol. The number of benzene rings is 1. The molecule has 1 aromatic rings. The smallest absolute Gasteiger partial charge is 0.0149 e. The van der Waals surface area contributed by atoms with Crippen molar-refractivity contribution in [3.63, 3.8) is 0 Å². The van der Waals surface area contributed by atoms with E-state index >= 15 is 0 Å². The minimum Gasteiger partial charge on any atom is -0.103 e. The number of hydrogen-bond donors (Lipinski definition) is 0. The zero-order valence-electron chi connectivity index (χ0n) is 10.9. The van der Waals surface area contributed by atoms with Gasteiger partial charge in [-0.05, 0) is 53.5 Å². The van der Waals surface area contributed by atoms with Crippen molar-refractivity contribution in [3.05, 3.63) is 66.8 Å². The summed E-state index contributed by atoms with van der Waals surface area (Å²) >= 11 is 0. The minimum absolute atomic E-state index is 0.642. The molecule has 0 spiro atoms. The molecular weight excluding hydrogens is 216 g/mol. The third-order valence-corrected chi connectivity index (χ3v) is 3.66. The van der Waals surface area contributed by atoms with Gasteiger partial charge in [-0.25, -0.2) is 0 Å². The van der Waals surface area contributed by atoms with E-state index in [0.29, 0.717) is 5.92 Å². The molecule has 92 valence electrons. The molecule has 0 amide bonds. The predicted molar refractivity (Wildman–Crippen MR) is 82.1 cm³/mol. The van der Waals surface area contributed by atoms with Gasteiger partial charge >= 0.3 is 0 Å².